The van der Waals surface area contributed by atoms with Gasteiger partial charge in [0.1, 0.15) is 5.69 Å². The third-order valence-electron chi connectivity index (χ3n) is 2.30. The molecule has 0 aliphatic heterocycles. The highest BCUT2D eigenvalue weighted by atomic mass is 35.5. The highest BCUT2D eigenvalue weighted by molar-refractivity contribution is 6.35. The van der Waals surface area contributed by atoms with Crippen LogP contribution in [0.1, 0.15) is 24.3 Å². The predicted molar refractivity (Wildman–Crippen MR) is 70.3 cm³/mol. The van der Waals surface area contributed by atoms with Gasteiger partial charge in [-0.2, -0.15) is 0 Å². The molecule has 6 nitrogen and oxygen atoms in total. The van der Waals surface area contributed by atoms with Crippen LogP contribution >= 0.6 is 11.6 Å². The summed E-state index contributed by atoms with van der Waals surface area (Å²) in [7, 11) is 0. The number of aromatic nitrogens is 1. The normalized spacial score (nSPS) is 10.2. The number of pyridine rings is 1. The first kappa shape index (κ1) is 16.1. The Balaban J connectivity index is 3.10. The highest BCUT2D eigenvalue weighted by Crippen LogP contribution is 2.18. The first-order valence-corrected chi connectivity index (χ1v) is 6.38. The molecule has 0 aliphatic carbocycles. The van der Waals surface area contributed by atoms with Crippen LogP contribution < -0.4 is 0 Å². The molecular weight excluding hydrogens is 286 g/mol. The van der Waals surface area contributed by atoms with Crippen molar-refractivity contribution in [3.05, 3.63) is 29.0 Å². The van der Waals surface area contributed by atoms with E-state index in [0.717, 1.165) is 0 Å². The fraction of sp³-hybridized carbons (Fsp3) is 0.385. The lowest BCUT2D eigenvalue weighted by Crippen LogP contribution is -2.35. The molecule has 108 valence electrons. The van der Waals surface area contributed by atoms with Crippen molar-refractivity contribution in [1.82, 2.24) is 4.98 Å². The van der Waals surface area contributed by atoms with Gasteiger partial charge in [0.2, 0.25) is 11.7 Å². The van der Waals surface area contributed by atoms with Crippen LogP contribution in [0.2, 0.25) is 5.02 Å². The summed E-state index contributed by atoms with van der Waals surface area (Å²) in [5.41, 5.74) is -0.166. The Hall–Kier alpha value is -1.95. The zero-order chi connectivity index (χ0) is 15.1. The molecule has 20 heavy (non-hydrogen) atoms. The minimum absolute atomic E-state index is 0.0397. The first-order chi connectivity index (χ1) is 9.52. The van der Waals surface area contributed by atoms with Gasteiger partial charge in [-0.15, -0.1) is 0 Å². The molecule has 0 unspecified atom stereocenters. The van der Waals surface area contributed by atoms with Crippen molar-refractivity contribution in [2.24, 2.45) is 5.92 Å². The van der Waals surface area contributed by atoms with Crippen LogP contribution in [0.4, 0.5) is 0 Å². The van der Waals surface area contributed by atoms with Crippen molar-refractivity contribution in [3.63, 3.8) is 0 Å². The van der Waals surface area contributed by atoms with Crippen LogP contribution in [-0.4, -0.2) is 35.9 Å². The smallest absolute Gasteiger partial charge is 0.328 e. The number of rotatable bonds is 6. The molecule has 1 heterocycles. The van der Waals surface area contributed by atoms with Crippen LogP contribution in [0.25, 0.3) is 0 Å². The Morgan fingerprint density at radius 2 is 1.75 bits per heavy atom. The summed E-state index contributed by atoms with van der Waals surface area (Å²) < 4.78 is 9.45. The van der Waals surface area contributed by atoms with Crippen molar-refractivity contribution < 1.29 is 23.9 Å². The second-order valence-corrected chi connectivity index (χ2v) is 4.04. The lowest BCUT2D eigenvalue weighted by Gasteiger charge is -2.13. The van der Waals surface area contributed by atoms with E-state index >= 15 is 0 Å². The molecule has 0 bridgehead atoms. The summed E-state index contributed by atoms with van der Waals surface area (Å²) >= 11 is 5.84. The van der Waals surface area contributed by atoms with E-state index in [1.807, 2.05) is 0 Å². The molecule has 1 rings (SSSR count). The molecule has 0 N–H and O–H groups in total. The van der Waals surface area contributed by atoms with E-state index in [-0.39, 0.29) is 23.9 Å². The summed E-state index contributed by atoms with van der Waals surface area (Å²) in [5, 5.41) is 0.0519. The second kappa shape index (κ2) is 7.59. The standard InChI is InChI=1S/C13H14ClNO5/c1-3-19-12(17)9(13(18)20-4-2)11(16)10-8(14)6-5-7-15-10/h5-7,9H,3-4H2,1-2H3. The molecule has 0 fully saturated rings. The predicted octanol–water partition coefficient (Wildman–Crippen LogP) is 1.66. The number of Topliss-reactive ketones (excluding diaryl/α,β-unsaturated/α-hetero) is 1. The fourth-order valence-corrected chi connectivity index (χ4v) is 1.68. The van der Waals surface area contributed by atoms with Gasteiger partial charge in [0.15, 0.2) is 0 Å². The number of esters is 2. The Labute approximate surface area is 121 Å². The Kier molecular flexibility index (Phi) is 6.11. The third-order valence-corrected chi connectivity index (χ3v) is 2.60. The van der Waals surface area contributed by atoms with E-state index in [1.165, 1.54) is 18.3 Å². The third kappa shape index (κ3) is 3.77. The zero-order valence-electron chi connectivity index (χ0n) is 11.1. The minimum atomic E-state index is -1.71. The number of nitrogens with zero attached hydrogens (tertiary/aromatic N) is 1. The van der Waals surface area contributed by atoms with Crippen molar-refractivity contribution in [3.8, 4) is 0 Å². The summed E-state index contributed by atoms with van der Waals surface area (Å²) in [6.45, 7) is 3.21. The Morgan fingerprint density at radius 1 is 1.20 bits per heavy atom. The van der Waals surface area contributed by atoms with Crippen LogP contribution in [0, 0.1) is 5.92 Å². The average molecular weight is 300 g/mol. The quantitative estimate of drug-likeness (QED) is 0.451. The average Bonchev–Trinajstić information content (AvgIpc) is 2.40. The van der Waals surface area contributed by atoms with E-state index in [1.54, 1.807) is 13.8 Å². The van der Waals surface area contributed by atoms with E-state index in [0.29, 0.717) is 0 Å². The summed E-state index contributed by atoms with van der Waals surface area (Å²) in [6.07, 6.45) is 1.34. The van der Waals surface area contributed by atoms with E-state index in [2.05, 4.69) is 4.98 Å². The largest absolute Gasteiger partial charge is 0.465 e. The molecule has 0 amide bonds. The molecule has 0 saturated heterocycles. The van der Waals surface area contributed by atoms with Gasteiger partial charge in [-0.25, -0.2) is 0 Å². The van der Waals surface area contributed by atoms with Gasteiger partial charge in [-0.3, -0.25) is 19.4 Å². The van der Waals surface area contributed by atoms with Crippen LogP contribution in [0.5, 0.6) is 0 Å². The Morgan fingerprint density at radius 3 is 2.20 bits per heavy atom. The summed E-state index contributed by atoms with van der Waals surface area (Å²) in [4.78, 5) is 39.6. The topological polar surface area (TPSA) is 82.6 Å². The van der Waals surface area contributed by atoms with Crippen molar-refractivity contribution >= 4 is 29.3 Å². The summed E-state index contributed by atoms with van der Waals surface area (Å²) in [6, 6.07) is 2.97. The zero-order valence-corrected chi connectivity index (χ0v) is 11.8. The first-order valence-electron chi connectivity index (χ1n) is 6.00. The molecule has 1 aromatic rings. The molecule has 7 heteroatoms. The van der Waals surface area contributed by atoms with Gasteiger partial charge in [-0.05, 0) is 26.0 Å². The number of hydrogen-bond donors (Lipinski definition) is 0. The molecule has 1 aromatic heterocycles. The van der Waals surface area contributed by atoms with Gasteiger partial charge >= 0.3 is 11.9 Å². The number of hydrogen-bond acceptors (Lipinski definition) is 6. The maximum absolute atomic E-state index is 12.2. The maximum atomic E-state index is 12.2. The number of ether oxygens (including phenoxy) is 2. The van der Waals surface area contributed by atoms with Gasteiger partial charge < -0.3 is 9.47 Å². The maximum Gasteiger partial charge on any atom is 0.328 e. The van der Waals surface area contributed by atoms with Gasteiger partial charge in [-0.1, -0.05) is 11.6 Å². The number of ketones is 1. The van der Waals surface area contributed by atoms with Crippen molar-refractivity contribution in [2.45, 2.75) is 13.8 Å². The second-order valence-electron chi connectivity index (χ2n) is 3.64. The van der Waals surface area contributed by atoms with Crippen LogP contribution in [0.3, 0.4) is 0 Å². The molecule has 0 aromatic carbocycles. The van der Waals surface area contributed by atoms with Gasteiger partial charge in [0.25, 0.3) is 0 Å². The number of carbonyl (C=O) groups excluding carboxylic acids is 3. The molecule has 0 atom stereocenters. The lowest BCUT2D eigenvalue weighted by atomic mass is 10.0. The molecule has 0 radical (unpaired) electrons. The van der Waals surface area contributed by atoms with E-state index < -0.39 is 23.6 Å². The van der Waals surface area contributed by atoms with E-state index in [4.69, 9.17) is 21.1 Å². The summed E-state index contributed by atoms with van der Waals surface area (Å²) in [5.74, 6) is -4.50. The van der Waals surface area contributed by atoms with Gasteiger partial charge in [0, 0.05) is 6.20 Å². The van der Waals surface area contributed by atoms with Crippen LogP contribution in [-0.2, 0) is 19.1 Å². The molecular formula is C13H14ClNO5. The molecule has 0 saturated carbocycles. The minimum Gasteiger partial charge on any atom is -0.465 e. The monoisotopic (exact) mass is 299 g/mol. The number of carbonyl (C=O) groups is 3. The number of halogens is 1. The Bertz CT molecular complexity index is 499. The SMILES string of the molecule is CCOC(=O)C(C(=O)OCC)C(=O)c1ncccc1Cl. The fourth-order valence-electron chi connectivity index (χ4n) is 1.47. The van der Waals surface area contributed by atoms with E-state index in [9.17, 15) is 14.4 Å². The molecule has 0 aliphatic rings. The van der Waals surface area contributed by atoms with Gasteiger partial charge in [0.05, 0.1) is 18.2 Å². The lowest BCUT2D eigenvalue weighted by molar-refractivity contribution is -0.158. The van der Waals surface area contributed by atoms with Crippen molar-refractivity contribution in [2.75, 3.05) is 13.2 Å². The molecule has 0 spiro atoms. The van der Waals surface area contributed by atoms with Crippen molar-refractivity contribution in [1.29, 1.82) is 0 Å². The highest BCUT2D eigenvalue weighted by Gasteiger charge is 2.38. The van der Waals surface area contributed by atoms with Crippen LogP contribution in [0.15, 0.2) is 18.3 Å².